The monoisotopic (exact) mass is 198 g/mol. The molecule has 2 fully saturated rings. The fraction of sp³-hybridized carbons (Fsp3) is 0.900. The summed E-state index contributed by atoms with van der Waals surface area (Å²) in [5, 5.41) is 0. The first-order valence-electron chi connectivity index (χ1n) is 5.38. The van der Waals surface area contributed by atoms with Gasteiger partial charge in [-0.05, 0) is 26.2 Å². The zero-order valence-electron chi connectivity index (χ0n) is 8.61. The van der Waals surface area contributed by atoms with Crippen LogP contribution in [0.15, 0.2) is 0 Å². The number of carbonyl (C=O) groups excluding carboxylic acids is 1. The number of rotatable bonds is 1. The maximum atomic E-state index is 11.8. The maximum absolute atomic E-state index is 11.8. The van der Waals surface area contributed by atoms with Crippen LogP contribution in [0.3, 0.4) is 0 Å². The fourth-order valence-corrected chi connectivity index (χ4v) is 2.46. The van der Waals surface area contributed by atoms with Crippen molar-refractivity contribution in [3.05, 3.63) is 0 Å². The van der Waals surface area contributed by atoms with E-state index in [4.69, 9.17) is 10.5 Å². The van der Waals surface area contributed by atoms with Crippen LogP contribution in [0.2, 0.25) is 0 Å². The third-order valence-corrected chi connectivity index (χ3v) is 3.15. The van der Waals surface area contributed by atoms with Crippen LogP contribution >= 0.6 is 0 Å². The van der Waals surface area contributed by atoms with Crippen molar-refractivity contribution in [3.63, 3.8) is 0 Å². The highest BCUT2D eigenvalue weighted by Gasteiger charge is 2.38. The Bertz CT molecular complexity index is 230. The number of fused-ring (bicyclic) bond motifs is 1. The Morgan fingerprint density at radius 1 is 1.57 bits per heavy atom. The average molecular weight is 198 g/mol. The van der Waals surface area contributed by atoms with Gasteiger partial charge >= 0.3 is 0 Å². The van der Waals surface area contributed by atoms with Crippen LogP contribution in [0.5, 0.6) is 0 Å². The van der Waals surface area contributed by atoms with Crippen LogP contribution in [0.25, 0.3) is 0 Å². The third kappa shape index (κ3) is 1.64. The molecule has 4 heteroatoms. The number of nitrogens with zero attached hydrogens (tertiary/aromatic N) is 1. The van der Waals surface area contributed by atoms with Gasteiger partial charge in [-0.2, -0.15) is 0 Å². The molecule has 2 aliphatic rings. The van der Waals surface area contributed by atoms with Crippen LogP contribution in [0.4, 0.5) is 0 Å². The van der Waals surface area contributed by atoms with Gasteiger partial charge in [-0.1, -0.05) is 0 Å². The normalized spacial score (nSPS) is 34.0. The van der Waals surface area contributed by atoms with Gasteiger partial charge in [-0.3, -0.25) is 4.79 Å². The van der Waals surface area contributed by atoms with E-state index in [1.165, 1.54) is 0 Å². The molecule has 0 radical (unpaired) electrons. The Balaban J connectivity index is 2.06. The molecule has 0 aromatic heterocycles. The second-order valence-corrected chi connectivity index (χ2v) is 4.23. The summed E-state index contributed by atoms with van der Waals surface area (Å²) in [5.41, 5.74) is 5.62. The maximum Gasteiger partial charge on any atom is 0.239 e. The van der Waals surface area contributed by atoms with E-state index in [0.29, 0.717) is 19.2 Å². The first-order chi connectivity index (χ1) is 6.70. The molecule has 0 unspecified atom stereocenters. The lowest BCUT2D eigenvalue weighted by molar-refractivity contribution is -0.144. The molecule has 1 saturated heterocycles. The van der Waals surface area contributed by atoms with Crippen molar-refractivity contribution >= 4 is 5.91 Å². The van der Waals surface area contributed by atoms with E-state index < -0.39 is 0 Å². The van der Waals surface area contributed by atoms with Gasteiger partial charge in [0, 0.05) is 6.54 Å². The van der Waals surface area contributed by atoms with E-state index in [1.807, 2.05) is 4.90 Å². The molecule has 80 valence electrons. The predicted octanol–water partition coefficient (Wildman–Crippen LogP) is 0.114. The molecule has 1 aliphatic carbocycles. The van der Waals surface area contributed by atoms with E-state index in [1.54, 1.807) is 6.92 Å². The molecular weight excluding hydrogens is 180 g/mol. The van der Waals surface area contributed by atoms with E-state index in [-0.39, 0.29) is 18.1 Å². The van der Waals surface area contributed by atoms with Crippen molar-refractivity contribution in [1.29, 1.82) is 0 Å². The smallest absolute Gasteiger partial charge is 0.239 e. The van der Waals surface area contributed by atoms with Crippen molar-refractivity contribution in [1.82, 2.24) is 4.90 Å². The average Bonchev–Trinajstić information content (AvgIpc) is 2.63. The van der Waals surface area contributed by atoms with E-state index in [2.05, 4.69) is 0 Å². The third-order valence-electron chi connectivity index (χ3n) is 3.15. The van der Waals surface area contributed by atoms with Crippen LogP contribution in [0.1, 0.15) is 26.2 Å². The molecule has 14 heavy (non-hydrogen) atoms. The van der Waals surface area contributed by atoms with Gasteiger partial charge in [0.25, 0.3) is 0 Å². The summed E-state index contributed by atoms with van der Waals surface area (Å²) in [4.78, 5) is 13.7. The number of amides is 1. The summed E-state index contributed by atoms with van der Waals surface area (Å²) < 4.78 is 5.63. The molecule has 0 aromatic rings. The van der Waals surface area contributed by atoms with Crippen molar-refractivity contribution in [2.24, 2.45) is 5.73 Å². The van der Waals surface area contributed by atoms with Gasteiger partial charge in [-0.15, -0.1) is 0 Å². The standard InChI is InChI=1S/C10H18N2O2/c1-7(11)10(13)12-5-6-14-9-4-2-3-8(9)12/h7-9H,2-6,11H2,1H3/t7-,8+,9-/m1/s1. The topological polar surface area (TPSA) is 55.6 Å². The van der Waals surface area contributed by atoms with Gasteiger partial charge in [0.05, 0.1) is 24.8 Å². The largest absolute Gasteiger partial charge is 0.374 e. The highest BCUT2D eigenvalue weighted by Crippen LogP contribution is 2.29. The van der Waals surface area contributed by atoms with Crippen molar-refractivity contribution < 1.29 is 9.53 Å². The lowest BCUT2D eigenvalue weighted by Crippen LogP contribution is -2.55. The van der Waals surface area contributed by atoms with Gasteiger partial charge in [0.15, 0.2) is 0 Å². The minimum absolute atomic E-state index is 0.0743. The Hall–Kier alpha value is -0.610. The number of carbonyl (C=O) groups is 1. The Kier molecular flexibility index (Phi) is 2.74. The molecule has 2 rings (SSSR count). The van der Waals surface area contributed by atoms with Gasteiger partial charge < -0.3 is 15.4 Å². The summed E-state index contributed by atoms with van der Waals surface area (Å²) in [6, 6.07) is -0.0865. The van der Waals surface area contributed by atoms with Gasteiger partial charge in [0.1, 0.15) is 0 Å². The van der Waals surface area contributed by atoms with Gasteiger partial charge in [-0.25, -0.2) is 0 Å². The molecule has 1 aliphatic heterocycles. The van der Waals surface area contributed by atoms with Crippen molar-refractivity contribution in [2.75, 3.05) is 13.2 Å². The quantitative estimate of drug-likeness (QED) is 0.651. The van der Waals surface area contributed by atoms with E-state index in [0.717, 1.165) is 19.3 Å². The summed E-state index contributed by atoms with van der Waals surface area (Å²) >= 11 is 0. The number of hydrogen-bond donors (Lipinski definition) is 1. The SMILES string of the molecule is C[C@@H](N)C(=O)N1CCO[C@@H]2CCC[C@@H]21. The van der Waals surface area contributed by atoms with Gasteiger partial charge in [0.2, 0.25) is 5.91 Å². The molecule has 0 bridgehead atoms. The first kappa shape index (κ1) is 9.93. The molecule has 1 heterocycles. The molecule has 0 spiro atoms. The molecule has 1 saturated carbocycles. The molecule has 3 atom stereocenters. The van der Waals surface area contributed by atoms with Crippen molar-refractivity contribution in [3.8, 4) is 0 Å². The summed E-state index contributed by atoms with van der Waals surface area (Å²) in [7, 11) is 0. The lowest BCUT2D eigenvalue weighted by atomic mass is 10.1. The molecule has 4 nitrogen and oxygen atoms in total. The fourth-order valence-electron chi connectivity index (χ4n) is 2.46. The first-order valence-corrected chi connectivity index (χ1v) is 5.38. The zero-order chi connectivity index (χ0) is 10.1. The summed E-state index contributed by atoms with van der Waals surface area (Å²) in [5.74, 6) is 0.0743. The Labute approximate surface area is 84.4 Å². The highest BCUT2D eigenvalue weighted by molar-refractivity contribution is 5.81. The number of nitrogens with two attached hydrogens (primary N) is 1. The van der Waals surface area contributed by atoms with Crippen molar-refractivity contribution in [2.45, 2.75) is 44.4 Å². The molecule has 0 aromatic carbocycles. The minimum Gasteiger partial charge on any atom is -0.374 e. The minimum atomic E-state index is -0.380. The molecule has 2 N–H and O–H groups in total. The second-order valence-electron chi connectivity index (χ2n) is 4.23. The highest BCUT2D eigenvalue weighted by atomic mass is 16.5. The van der Waals surface area contributed by atoms with Crippen LogP contribution in [-0.2, 0) is 9.53 Å². The lowest BCUT2D eigenvalue weighted by Gasteiger charge is -2.38. The number of hydrogen-bond acceptors (Lipinski definition) is 3. The van der Waals surface area contributed by atoms with E-state index in [9.17, 15) is 4.79 Å². The Morgan fingerprint density at radius 2 is 2.36 bits per heavy atom. The summed E-state index contributed by atoms with van der Waals surface area (Å²) in [6.45, 7) is 3.13. The van der Waals surface area contributed by atoms with Crippen LogP contribution in [-0.4, -0.2) is 42.1 Å². The molecular formula is C10H18N2O2. The molecule has 1 amide bonds. The number of ether oxygens (including phenoxy) is 1. The van der Waals surface area contributed by atoms with E-state index >= 15 is 0 Å². The van der Waals surface area contributed by atoms with Crippen LogP contribution in [0, 0.1) is 0 Å². The second kappa shape index (κ2) is 3.87. The predicted molar refractivity (Wildman–Crippen MR) is 52.7 cm³/mol. The summed E-state index contributed by atoms with van der Waals surface area (Å²) in [6.07, 6.45) is 3.60. The number of morpholine rings is 1. The Morgan fingerprint density at radius 3 is 3.07 bits per heavy atom. The zero-order valence-corrected chi connectivity index (χ0v) is 8.61. The van der Waals surface area contributed by atoms with Crippen LogP contribution < -0.4 is 5.73 Å².